The van der Waals surface area contributed by atoms with Gasteiger partial charge in [0, 0.05) is 25.7 Å². The molecular formula is C12H20N4O2S. The number of piperazine rings is 1. The molecule has 0 bridgehead atoms. The maximum atomic E-state index is 12.0. The predicted molar refractivity (Wildman–Crippen MR) is 76.8 cm³/mol. The minimum atomic E-state index is -0.380. The topological polar surface area (TPSA) is 71.7 Å². The number of nitrogen functional groups attached to an aromatic ring is 1. The van der Waals surface area contributed by atoms with Crippen LogP contribution in [0.4, 0.5) is 10.8 Å². The van der Waals surface area contributed by atoms with Gasteiger partial charge in [0.2, 0.25) is 0 Å². The van der Waals surface area contributed by atoms with E-state index in [0.717, 1.165) is 24.6 Å². The molecule has 6 nitrogen and oxygen atoms in total. The Morgan fingerprint density at radius 3 is 2.95 bits per heavy atom. The highest BCUT2D eigenvalue weighted by Gasteiger charge is 2.29. The number of hydrogen-bond donors (Lipinski definition) is 1. The normalized spacial score (nSPS) is 20.6. The van der Waals surface area contributed by atoms with E-state index in [1.807, 2.05) is 0 Å². The van der Waals surface area contributed by atoms with E-state index < -0.39 is 0 Å². The Labute approximate surface area is 117 Å². The lowest BCUT2D eigenvalue weighted by atomic mass is 10.2. The van der Waals surface area contributed by atoms with E-state index in [1.54, 1.807) is 6.92 Å². The van der Waals surface area contributed by atoms with Gasteiger partial charge in [-0.2, -0.15) is 4.37 Å². The molecular weight excluding hydrogens is 264 g/mol. The summed E-state index contributed by atoms with van der Waals surface area (Å²) in [6, 6.07) is 0.326. The van der Waals surface area contributed by atoms with Gasteiger partial charge in [0.05, 0.1) is 6.61 Å². The zero-order valence-corrected chi connectivity index (χ0v) is 12.4. The van der Waals surface area contributed by atoms with Crippen LogP contribution in [0.15, 0.2) is 0 Å². The van der Waals surface area contributed by atoms with E-state index in [-0.39, 0.29) is 11.8 Å². The van der Waals surface area contributed by atoms with Crippen LogP contribution in [0.3, 0.4) is 0 Å². The minimum Gasteiger partial charge on any atom is -0.462 e. The van der Waals surface area contributed by atoms with Gasteiger partial charge in [0.1, 0.15) is 10.6 Å². The number of aromatic nitrogens is 1. The summed E-state index contributed by atoms with van der Waals surface area (Å²) in [5.74, 6) is -0.112. The number of carbonyl (C=O) groups excluding carboxylic acids is 1. The van der Waals surface area contributed by atoms with Gasteiger partial charge in [-0.05, 0) is 32.4 Å². The Bertz CT molecular complexity index is 463. The zero-order valence-electron chi connectivity index (χ0n) is 11.5. The van der Waals surface area contributed by atoms with Crippen LogP contribution in [0.1, 0.15) is 24.2 Å². The van der Waals surface area contributed by atoms with Crippen LogP contribution in [0, 0.1) is 0 Å². The Hall–Kier alpha value is -1.34. The Morgan fingerprint density at radius 2 is 2.32 bits per heavy atom. The van der Waals surface area contributed by atoms with E-state index in [2.05, 4.69) is 28.1 Å². The van der Waals surface area contributed by atoms with Gasteiger partial charge in [-0.1, -0.05) is 0 Å². The summed E-state index contributed by atoms with van der Waals surface area (Å²) in [6.07, 6.45) is 0. The Balaban J connectivity index is 2.27. The quantitative estimate of drug-likeness (QED) is 0.836. The molecule has 1 unspecified atom stereocenters. The maximum Gasteiger partial charge on any atom is 0.345 e. The van der Waals surface area contributed by atoms with Crippen molar-refractivity contribution in [3.05, 3.63) is 5.56 Å². The minimum absolute atomic E-state index is 0.268. The molecule has 0 aliphatic carbocycles. The van der Waals surface area contributed by atoms with E-state index in [4.69, 9.17) is 10.5 Å². The second-order valence-corrected chi connectivity index (χ2v) is 5.52. The van der Waals surface area contributed by atoms with Crippen LogP contribution >= 0.6 is 11.5 Å². The van der Waals surface area contributed by atoms with Crippen LogP contribution in [-0.4, -0.2) is 54.6 Å². The fourth-order valence-electron chi connectivity index (χ4n) is 2.33. The first kappa shape index (κ1) is 14.1. The second-order valence-electron chi connectivity index (χ2n) is 4.77. The van der Waals surface area contributed by atoms with Crippen LogP contribution in [0.2, 0.25) is 0 Å². The lowest BCUT2D eigenvalue weighted by Crippen LogP contribution is -2.50. The number of likely N-dealkylation sites (N-methyl/N-ethyl adjacent to an activating group) is 1. The summed E-state index contributed by atoms with van der Waals surface area (Å²) in [7, 11) is 2.10. The highest BCUT2D eigenvalue weighted by atomic mass is 32.1. The molecule has 1 aliphatic rings. The molecule has 1 fully saturated rings. The van der Waals surface area contributed by atoms with Crippen LogP contribution < -0.4 is 10.6 Å². The SMILES string of the molecule is CCOC(=O)c1c(N)nsc1N1CCN(C)CC1C. The van der Waals surface area contributed by atoms with Crippen molar-refractivity contribution < 1.29 is 9.53 Å². The second kappa shape index (κ2) is 5.75. The number of anilines is 2. The lowest BCUT2D eigenvalue weighted by Gasteiger charge is -2.38. The number of ether oxygens (including phenoxy) is 1. The van der Waals surface area contributed by atoms with Gasteiger partial charge in [0.25, 0.3) is 0 Å². The number of carbonyl (C=O) groups is 1. The lowest BCUT2D eigenvalue weighted by molar-refractivity contribution is 0.0528. The van der Waals surface area contributed by atoms with Crippen molar-refractivity contribution in [3.8, 4) is 0 Å². The zero-order chi connectivity index (χ0) is 14.0. The highest BCUT2D eigenvalue weighted by molar-refractivity contribution is 7.11. The molecule has 0 saturated carbocycles. The molecule has 2 rings (SSSR count). The number of esters is 1. The average molecular weight is 284 g/mol. The Kier molecular flexibility index (Phi) is 4.26. The summed E-state index contributed by atoms with van der Waals surface area (Å²) in [6.45, 7) is 7.05. The third-order valence-electron chi connectivity index (χ3n) is 3.27. The van der Waals surface area contributed by atoms with Crippen molar-refractivity contribution in [2.45, 2.75) is 19.9 Å². The summed E-state index contributed by atoms with van der Waals surface area (Å²) >= 11 is 1.27. The molecule has 0 aromatic carbocycles. The fraction of sp³-hybridized carbons (Fsp3) is 0.667. The molecule has 2 N–H and O–H groups in total. The van der Waals surface area contributed by atoms with E-state index in [1.165, 1.54) is 11.5 Å². The number of hydrogen-bond acceptors (Lipinski definition) is 7. The molecule has 1 saturated heterocycles. The number of nitrogens with two attached hydrogens (primary N) is 1. The molecule has 1 aromatic rings. The molecule has 1 aromatic heterocycles. The van der Waals surface area contributed by atoms with E-state index in [9.17, 15) is 4.79 Å². The van der Waals surface area contributed by atoms with E-state index in [0.29, 0.717) is 18.2 Å². The van der Waals surface area contributed by atoms with Gasteiger partial charge >= 0.3 is 5.97 Å². The number of rotatable bonds is 3. The third-order valence-corrected chi connectivity index (χ3v) is 4.17. The Morgan fingerprint density at radius 1 is 1.58 bits per heavy atom. The maximum absolute atomic E-state index is 12.0. The van der Waals surface area contributed by atoms with Crippen LogP contribution in [-0.2, 0) is 4.74 Å². The van der Waals surface area contributed by atoms with Crippen molar-refractivity contribution in [2.75, 3.05) is 43.9 Å². The van der Waals surface area contributed by atoms with Gasteiger partial charge in [-0.25, -0.2) is 4.79 Å². The first-order valence-electron chi connectivity index (χ1n) is 6.42. The first-order valence-corrected chi connectivity index (χ1v) is 7.19. The van der Waals surface area contributed by atoms with Crippen LogP contribution in [0.25, 0.3) is 0 Å². The molecule has 2 heterocycles. The van der Waals surface area contributed by atoms with Crippen molar-refractivity contribution in [1.82, 2.24) is 9.27 Å². The van der Waals surface area contributed by atoms with Crippen LogP contribution in [0.5, 0.6) is 0 Å². The first-order chi connectivity index (χ1) is 9.04. The highest BCUT2D eigenvalue weighted by Crippen LogP contribution is 2.33. The fourth-order valence-corrected chi connectivity index (χ4v) is 3.26. The summed E-state index contributed by atoms with van der Waals surface area (Å²) in [5, 5.41) is 0.830. The monoisotopic (exact) mass is 284 g/mol. The molecule has 0 spiro atoms. The van der Waals surface area contributed by atoms with Gasteiger partial charge in [0.15, 0.2) is 5.82 Å². The molecule has 0 radical (unpaired) electrons. The van der Waals surface area contributed by atoms with Gasteiger partial charge in [-0.3, -0.25) is 0 Å². The summed E-state index contributed by atoms with van der Waals surface area (Å²) in [4.78, 5) is 16.5. The molecule has 19 heavy (non-hydrogen) atoms. The van der Waals surface area contributed by atoms with Gasteiger partial charge < -0.3 is 20.3 Å². The van der Waals surface area contributed by atoms with Gasteiger partial charge in [-0.15, -0.1) is 0 Å². The standard InChI is InChI=1S/C12H20N4O2S/c1-4-18-12(17)9-10(13)14-19-11(9)16-6-5-15(3)7-8(16)2/h8H,4-7H2,1-3H3,(H2,13,14). The third kappa shape index (κ3) is 2.82. The smallest absolute Gasteiger partial charge is 0.345 e. The van der Waals surface area contributed by atoms with E-state index >= 15 is 0 Å². The molecule has 1 aliphatic heterocycles. The van der Waals surface area contributed by atoms with Crippen molar-refractivity contribution in [1.29, 1.82) is 0 Å². The summed E-state index contributed by atoms with van der Waals surface area (Å²) in [5.41, 5.74) is 6.23. The molecule has 1 atom stereocenters. The molecule has 7 heteroatoms. The largest absolute Gasteiger partial charge is 0.462 e. The van der Waals surface area contributed by atoms with Crippen molar-refractivity contribution in [2.24, 2.45) is 0 Å². The van der Waals surface area contributed by atoms with Crippen molar-refractivity contribution >= 4 is 28.3 Å². The predicted octanol–water partition coefficient (Wildman–Crippen LogP) is 1.04. The molecule has 106 valence electrons. The average Bonchev–Trinajstić information content (AvgIpc) is 2.71. The summed E-state index contributed by atoms with van der Waals surface area (Å²) < 4.78 is 9.18. The molecule has 0 amide bonds. The van der Waals surface area contributed by atoms with Crippen molar-refractivity contribution in [3.63, 3.8) is 0 Å². The number of nitrogens with zero attached hydrogens (tertiary/aromatic N) is 3.